The van der Waals surface area contributed by atoms with Crippen LogP contribution in [0.2, 0.25) is 0 Å². The number of amides is 1. The minimum atomic E-state index is -0.0632. The van der Waals surface area contributed by atoms with Crippen LogP contribution in [0.3, 0.4) is 0 Å². The third kappa shape index (κ3) is 2.74. The number of hydrogen-bond acceptors (Lipinski definition) is 3. The molecule has 0 aliphatic carbocycles. The highest BCUT2D eigenvalue weighted by Crippen LogP contribution is 1.93. The van der Waals surface area contributed by atoms with Crippen molar-refractivity contribution >= 4 is 11.6 Å². The third-order valence-electron chi connectivity index (χ3n) is 1.56. The maximum atomic E-state index is 11.0. The Labute approximate surface area is 71.9 Å². The second-order valence-corrected chi connectivity index (χ2v) is 2.77. The zero-order valence-electron chi connectivity index (χ0n) is 7.37. The predicted molar refractivity (Wildman–Crippen MR) is 47.6 cm³/mol. The van der Waals surface area contributed by atoms with Gasteiger partial charge in [0.1, 0.15) is 0 Å². The number of carbonyl (C=O) groups is 1. The molecule has 1 N–H and O–H groups in total. The summed E-state index contributed by atoms with van der Waals surface area (Å²) in [4.78, 5) is 11.0. The Bertz CT molecular complexity index is 232. The molecule has 66 valence electrons. The SMILES string of the molecule is C/C1=N\N(C)/C=C/C(=O)NCC1. The smallest absolute Gasteiger partial charge is 0.245 e. The number of carbonyl (C=O) groups excluding carboxylic acids is 1. The molecule has 1 amide bonds. The molecule has 0 bridgehead atoms. The molecule has 12 heavy (non-hydrogen) atoms. The molecule has 4 nitrogen and oxygen atoms in total. The van der Waals surface area contributed by atoms with Gasteiger partial charge >= 0.3 is 0 Å². The summed E-state index contributed by atoms with van der Waals surface area (Å²) in [5.41, 5.74) is 1.02. The first-order chi connectivity index (χ1) is 5.68. The molecule has 1 aliphatic rings. The molecule has 0 atom stereocenters. The minimum Gasteiger partial charge on any atom is -0.352 e. The van der Waals surface area contributed by atoms with Crippen LogP contribution >= 0.6 is 0 Å². The van der Waals surface area contributed by atoms with Crippen LogP contribution in [0.1, 0.15) is 13.3 Å². The number of hydrogen-bond donors (Lipinski definition) is 1. The normalized spacial score (nSPS) is 26.0. The summed E-state index contributed by atoms with van der Waals surface area (Å²) in [5, 5.41) is 8.58. The van der Waals surface area contributed by atoms with Gasteiger partial charge in [-0.2, -0.15) is 5.10 Å². The van der Waals surface area contributed by atoms with E-state index in [1.165, 1.54) is 6.08 Å². The summed E-state index contributed by atoms with van der Waals surface area (Å²) in [6, 6.07) is 0. The minimum absolute atomic E-state index is 0.0632. The number of rotatable bonds is 0. The zero-order valence-corrected chi connectivity index (χ0v) is 7.37. The first kappa shape index (κ1) is 8.77. The van der Waals surface area contributed by atoms with Crippen molar-refractivity contribution in [2.75, 3.05) is 13.6 Å². The molecule has 0 aromatic heterocycles. The lowest BCUT2D eigenvalue weighted by Crippen LogP contribution is -2.22. The van der Waals surface area contributed by atoms with Crippen LogP contribution in [0.4, 0.5) is 0 Å². The van der Waals surface area contributed by atoms with Crippen LogP contribution in [0.15, 0.2) is 17.4 Å². The Morgan fingerprint density at radius 2 is 2.42 bits per heavy atom. The van der Waals surface area contributed by atoms with E-state index in [1.54, 1.807) is 18.3 Å². The van der Waals surface area contributed by atoms with Gasteiger partial charge in [0.2, 0.25) is 5.91 Å². The molecule has 4 heteroatoms. The van der Waals surface area contributed by atoms with Gasteiger partial charge in [-0.05, 0) is 6.92 Å². The fraction of sp³-hybridized carbons (Fsp3) is 0.500. The topological polar surface area (TPSA) is 44.7 Å². The van der Waals surface area contributed by atoms with Crippen molar-refractivity contribution in [1.29, 1.82) is 0 Å². The van der Waals surface area contributed by atoms with Crippen molar-refractivity contribution in [3.05, 3.63) is 12.3 Å². The van der Waals surface area contributed by atoms with Crippen LogP contribution in [0.25, 0.3) is 0 Å². The zero-order chi connectivity index (χ0) is 8.97. The third-order valence-corrected chi connectivity index (χ3v) is 1.56. The molecular weight excluding hydrogens is 154 g/mol. The van der Waals surface area contributed by atoms with Gasteiger partial charge in [0, 0.05) is 38.0 Å². The fourth-order valence-electron chi connectivity index (χ4n) is 0.954. The molecule has 0 fully saturated rings. The summed E-state index contributed by atoms with van der Waals surface area (Å²) in [5.74, 6) is -0.0632. The molecule has 1 aliphatic heterocycles. The molecule has 0 aromatic rings. The van der Waals surface area contributed by atoms with E-state index in [0.717, 1.165) is 12.1 Å². The largest absolute Gasteiger partial charge is 0.352 e. The number of nitrogens with zero attached hydrogens (tertiary/aromatic N) is 2. The second kappa shape index (κ2) is 3.90. The maximum Gasteiger partial charge on any atom is 0.245 e. The molecule has 0 radical (unpaired) electrons. The average Bonchev–Trinajstić information content (AvgIpc) is 2.05. The van der Waals surface area contributed by atoms with E-state index in [-0.39, 0.29) is 5.91 Å². The molecule has 0 saturated carbocycles. The summed E-state index contributed by atoms with van der Waals surface area (Å²) in [6.45, 7) is 2.61. The van der Waals surface area contributed by atoms with E-state index in [1.807, 2.05) is 6.92 Å². The first-order valence-corrected chi connectivity index (χ1v) is 3.91. The van der Waals surface area contributed by atoms with Crippen molar-refractivity contribution in [3.63, 3.8) is 0 Å². The summed E-state index contributed by atoms with van der Waals surface area (Å²) >= 11 is 0. The molecule has 0 spiro atoms. The molecule has 1 rings (SSSR count). The molecule has 0 saturated heterocycles. The number of hydrazone groups is 1. The molecule has 0 unspecified atom stereocenters. The molecule has 0 aromatic carbocycles. The average molecular weight is 167 g/mol. The van der Waals surface area contributed by atoms with Crippen LogP contribution in [-0.4, -0.2) is 30.2 Å². The van der Waals surface area contributed by atoms with Crippen LogP contribution in [0, 0.1) is 0 Å². The lowest BCUT2D eigenvalue weighted by atomic mass is 10.3. The Morgan fingerprint density at radius 1 is 1.67 bits per heavy atom. The van der Waals surface area contributed by atoms with Crippen LogP contribution < -0.4 is 5.32 Å². The van der Waals surface area contributed by atoms with Crippen LogP contribution in [0.5, 0.6) is 0 Å². The highest BCUT2D eigenvalue weighted by molar-refractivity contribution is 5.88. The van der Waals surface area contributed by atoms with Crippen molar-refractivity contribution in [1.82, 2.24) is 10.3 Å². The Kier molecular flexibility index (Phi) is 2.85. The number of nitrogens with one attached hydrogen (secondary N) is 1. The van der Waals surface area contributed by atoms with Gasteiger partial charge in [-0.15, -0.1) is 0 Å². The molecular formula is C8H13N3O. The Hall–Kier alpha value is -1.32. The van der Waals surface area contributed by atoms with E-state index in [0.29, 0.717) is 6.54 Å². The van der Waals surface area contributed by atoms with E-state index in [4.69, 9.17) is 0 Å². The van der Waals surface area contributed by atoms with Gasteiger partial charge in [-0.25, -0.2) is 0 Å². The van der Waals surface area contributed by atoms with E-state index in [2.05, 4.69) is 10.4 Å². The maximum absolute atomic E-state index is 11.0. The summed E-state index contributed by atoms with van der Waals surface area (Å²) < 4.78 is 0. The van der Waals surface area contributed by atoms with Gasteiger partial charge in [0.15, 0.2) is 0 Å². The van der Waals surface area contributed by atoms with E-state index in [9.17, 15) is 4.79 Å². The van der Waals surface area contributed by atoms with E-state index < -0.39 is 0 Å². The first-order valence-electron chi connectivity index (χ1n) is 3.91. The van der Waals surface area contributed by atoms with Gasteiger partial charge in [-0.3, -0.25) is 9.80 Å². The van der Waals surface area contributed by atoms with Crippen molar-refractivity contribution in [2.45, 2.75) is 13.3 Å². The van der Waals surface area contributed by atoms with Gasteiger partial charge in [-0.1, -0.05) is 0 Å². The standard InChI is InChI=1S/C8H13N3O/c1-7-3-5-9-8(12)4-6-11(2)10-7/h4,6H,3,5H2,1-2H3,(H,9,12)/b6-4+,10-7+. The second-order valence-electron chi connectivity index (χ2n) is 2.77. The van der Waals surface area contributed by atoms with Crippen molar-refractivity contribution in [3.8, 4) is 0 Å². The highest BCUT2D eigenvalue weighted by atomic mass is 16.1. The lowest BCUT2D eigenvalue weighted by molar-refractivity contribution is -0.116. The van der Waals surface area contributed by atoms with Crippen molar-refractivity contribution in [2.24, 2.45) is 5.10 Å². The monoisotopic (exact) mass is 167 g/mol. The van der Waals surface area contributed by atoms with Gasteiger partial charge in [0.25, 0.3) is 0 Å². The van der Waals surface area contributed by atoms with Gasteiger partial charge in [0.05, 0.1) is 0 Å². The predicted octanol–water partition coefficient (Wildman–Crippen LogP) is 0.328. The quantitative estimate of drug-likeness (QED) is 0.565. The van der Waals surface area contributed by atoms with Crippen LogP contribution in [-0.2, 0) is 4.79 Å². The van der Waals surface area contributed by atoms with Crippen molar-refractivity contribution < 1.29 is 4.79 Å². The van der Waals surface area contributed by atoms with E-state index >= 15 is 0 Å². The Morgan fingerprint density at radius 3 is 3.17 bits per heavy atom. The molecule has 1 heterocycles. The summed E-state index contributed by atoms with van der Waals surface area (Å²) in [7, 11) is 1.80. The fourth-order valence-corrected chi connectivity index (χ4v) is 0.954. The lowest BCUT2D eigenvalue weighted by Gasteiger charge is -2.06. The highest BCUT2D eigenvalue weighted by Gasteiger charge is 2.00. The van der Waals surface area contributed by atoms with Gasteiger partial charge < -0.3 is 5.32 Å². The Balaban J connectivity index is 2.69. The summed E-state index contributed by atoms with van der Waals surface area (Å²) in [6.07, 6.45) is 3.92.